The van der Waals surface area contributed by atoms with Gasteiger partial charge >= 0.3 is 0 Å². The number of hydrogen-bond donors (Lipinski definition) is 2. The number of nitrogens with one attached hydrogen (secondary N) is 1. The van der Waals surface area contributed by atoms with Gasteiger partial charge in [-0.25, -0.2) is 0 Å². The average Bonchev–Trinajstić information content (AvgIpc) is 2.41. The third-order valence-electron chi connectivity index (χ3n) is 6.22. The fourth-order valence-electron chi connectivity index (χ4n) is 5.82. The Labute approximate surface area is 128 Å². The standard InChI is InChI=1S/C19H27NO/c1-13-2-3-18(21)17(4-13)11-20-12-19-8-14-5-15(9-19)7-16(6-14)10-19/h2-4,14-16,20-21H,5-12H2,1H3. The summed E-state index contributed by atoms with van der Waals surface area (Å²) in [4.78, 5) is 0. The maximum atomic E-state index is 9.96. The molecule has 0 heterocycles. The average molecular weight is 285 g/mol. The summed E-state index contributed by atoms with van der Waals surface area (Å²) in [5.41, 5.74) is 2.84. The van der Waals surface area contributed by atoms with Gasteiger partial charge in [0.25, 0.3) is 0 Å². The van der Waals surface area contributed by atoms with Crippen LogP contribution in [0.3, 0.4) is 0 Å². The molecule has 0 atom stereocenters. The summed E-state index contributed by atoms with van der Waals surface area (Å²) in [7, 11) is 0. The normalized spacial score (nSPS) is 37.1. The molecule has 21 heavy (non-hydrogen) atoms. The number of phenolic OH excluding ortho intramolecular Hbond substituents is 1. The van der Waals surface area contributed by atoms with Crippen molar-refractivity contribution in [1.82, 2.24) is 5.32 Å². The van der Waals surface area contributed by atoms with Crippen LogP contribution in [0.5, 0.6) is 5.75 Å². The van der Waals surface area contributed by atoms with Gasteiger partial charge in [-0.05, 0) is 74.7 Å². The number of phenols is 1. The lowest BCUT2D eigenvalue weighted by molar-refractivity contribution is -0.0514. The van der Waals surface area contributed by atoms with E-state index in [2.05, 4.69) is 18.3 Å². The van der Waals surface area contributed by atoms with Crippen LogP contribution < -0.4 is 5.32 Å². The molecule has 0 radical (unpaired) electrons. The predicted octanol–water partition coefficient (Wildman–Crippen LogP) is 4.01. The molecule has 0 aliphatic heterocycles. The number of rotatable bonds is 4. The minimum absolute atomic E-state index is 0.429. The first-order valence-electron chi connectivity index (χ1n) is 8.61. The largest absolute Gasteiger partial charge is 0.508 e. The number of benzene rings is 1. The Morgan fingerprint density at radius 1 is 1.10 bits per heavy atom. The van der Waals surface area contributed by atoms with E-state index in [-0.39, 0.29) is 0 Å². The number of hydrogen-bond acceptors (Lipinski definition) is 2. The molecule has 0 saturated heterocycles. The van der Waals surface area contributed by atoms with E-state index >= 15 is 0 Å². The Balaban J connectivity index is 1.40. The molecule has 2 heteroatoms. The van der Waals surface area contributed by atoms with E-state index in [9.17, 15) is 5.11 Å². The van der Waals surface area contributed by atoms with Crippen molar-refractivity contribution in [1.29, 1.82) is 0 Å². The lowest BCUT2D eigenvalue weighted by Gasteiger charge is -2.57. The van der Waals surface area contributed by atoms with Crippen molar-refractivity contribution in [3.05, 3.63) is 29.3 Å². The first-order valence-corrected chi connectivity index (χ1v) is 8.61. The molecule has 0 aromatic heterocycles. The quantitative estimate of drug-likeness (QED) is 0.876. The van der Waals surface area contributed by atoms with Crippen molar-refractivity contribution >= 4 is 0 Å². The van der Waals surface area contributed by atoms with Crippen molar-refractivity contribution in [3.63, 3.8) is 0 Å². The van der Waals surface area contributed by atoms with Crippen LogP contribution in [-0.4, -0.2) is 11.7 Å². The second-order valence-corrected chi connectivity index (χ2v) is 8.15. The Hall–Kier alpha value is -1.02. The molecule has 4 aliphatic carbocycles. The fraction of sp³-hybridized carbons (Fsp3) is 0.684. The van der Waals surface area contributed by atoms with E-state index in [1.54, 1.807) is 0 Å². The predicted molar refractivity (Wildman–Crippen MR) is 85.2 cm³/mol. The summed E-state index contributed by atoms with van der Waals surface area (Å²) in [6, 6.07) is 5.89. The van der Waals surface area contributed by atoms with E-state index in [0.29, 0.717) is 11.2 Å². The van der Waals surface area contributed by atoms with E-state index in [1.165, 1.54) is 44.1 Å². The molecular formula is C19H27NO. The highest BCUT2D eigenvalue weighted by Crippen LogP contribution is 2.59. The topological polar surface area (TPSA) is 32.3 Å². The van der Waals surface area contributed by atoms with Crippen LogP contribution in [0.15, 0.2) is 18.2 Å². The van der Waals surface area contributed by atoms with Gasteiger partial charge in [-0.3, -0.25) is 0 Å². The van der Waals surface area contributed by atoms with Crippen molar-refractivity contribution < 1.29 is 5.11 Å². The Morgan fingerprint density at radius 2 is 1.71 bits per heavy atom. The van der Waals surface area contributed by atoms with Gasteiger partial charge < -0.3 is 10.4 Å². The van der Waals surface area contributed by atoms with Crippen molar-refractivity contribution in [3.8, 4) is 5.75 Å². The molecule has 0 unspecified atom stereocenters. The lowest BCUT2D eigenvalue weighted by atomic mass is 9.49. The van der Waals surface area contributed by atoms with E-state index in [4.69, 9.17) is 0 Å². The molecule has 4 saturated carbocycles. The molecule has 114 valence electrons. The van der Waals surface area contributed by atoms with Gasteiger partial charge in [-0.15, -0.1) is 0 Å². The summed E-state index contributed by atoms with van der Waals surface area (Å²) in [6.45, 7) is 4.03. The second-order valence-electron chi connectivity index (χ2n) is 8.15. The van der Waals surface area contributed by atoms with E-state index in [0.717, 1.165) is 36.4 Å². The highest BCUT2D eigenvalue weighted by atomic mass is 16.3. The molecule has 4 fully saturated rings. The molecule has 2 N–H and O–H groups in total. The van der Waals surface area contributed by atoms with Gasteiger partial charge in [-0.2, -0.15) is 0 Å². The van der Waals surface area contributed by atoms with Crippen LogP contribution in [0, 0.1) is 30.1 Å². The maximum Gasteiger partial charge on any atom is 0.120 e. The summed E-state index contributed by atoms with van der Waals surface area (Å²) < 4.78 is 0. The summed E-state index contributed by atoms with van der Waals surface area (Å²) in [5, 5.41) is 13.6. The van der Waals surface area contributed by atoms with Crippen LogP contribution in [0.2, 0.25) is 0 Å². The van der Waals surface area contributed by atoms with Crippen LogP contribution >= 0.6 is 0 Å². The number of aromatic hydroxyl groups is 1. The first-order chi connectivity index (χ1) is 10.1. The van der Waals surface area contributed by atoms with Gasteiger partial charge in [0.1, 0.15) is 5.75 Å². The zero-order valence-electron chi connectivity index (χ0n) is 13.1. The summed E-state index contributed by atoms with van der Waals surface area (Å²) in [6.07, 6.45) is 8.89. The van der Waals surface area contributed by atoms with Crippen LogP contribution in [0.25, 0.3) is 0 Å². The minimum atomic E-state index is 0.429. The smallest absolute Gasteiger partial charge is 0.120 e. The molecule has 1 aromatic rings. The maximum absolute atomic E-state index is 9.96. The van der Waals surface area contributed by atoms with Gasteiger partial charge in [0.15, 0.2) is 0 Å². The molecule has 4 aliphatic rings. The first kappa shape index (κ1) is 13.6. The Kier molecular flexibility index (Phi) is 3.25. The van der Waals surface area contributed by atoms with Crippen LogP contribution in [0.1, 0.15) is 49.7 Å². The minimum Gasteiger partial charge on any atom is -0.508 e. The zero-order valence-corrected chi connectivity index (χ0v) is 13.1. The molecule has 5 rings (SSSR count). The van der Waals surface area contributed by atoms with Gasteiger partial charge in [-0.1, -0.05) is 17.7 Å². The lowest BCUT2D eigenvalue weighted by Crippen LogP contribution is -2.50. The Bertz CT molecular complexity index is 501. The SMILES string of the molecule is Cc1ccc(O)c(CNCC23CC4CC(CC(C4)C2)C3)c1. The molecule has 2 nitrogen and oxygen atoms in total. The highest BCUT2D eigenvalue weighted by Gasteiger charge is 2.50. The van der Waals surface area contributed by atoms with Gasteiger partial charge in [0.05, 0.1) is 0 Å². The second kappa shape index (κ2) is 5.01. The Morgan fingerprint density at radius 3 is 2.33 bits per heavy atom. The molecular weight excluding hydrogens is 258 g/mol. The third kappa shape index (κ3) is 2.59. The molecule has 0 spiro atoms. The molecule has 0 amide bonds. The fourth-order valence-corrected chi connectivity index (χ4v) is 5.82. The third-order valence-corrected chi connectivity index (χ3v) is 6.22. The molecule has 1 aromatic carbocycles. The summed E-state index contributed by atoms with van der Waals surface area (Å²) >= 11 is 0. The van der Waals surface area contributed by atoms with Crippen molar-refractivity contribution in [2.24, 2.45) is 23.2 Å². The highest BCUT2D eigenvalue weighted by molar-refractivity contribution is 5.35. The van der Waals surface area contributed by atoms with Gasteiger partial charge in [0.2, 0.25) is 0 Å². The van der Waals surface area contributed by atoms with Crippen molar-refractivity contribution in [2.75, 3.05) is 6.54 Å². The zero-order chi connectivity index (χ0) is 14.4. The van der Waals surface area contributed by atoms with E-state index < -0.39 is 0 Å². The monoisotopic (exact) mass is 285 g/mol. The summed E-state index contributed by atoms with van der Waals surface area (Å²) in [5.74, 6) is 3.49. The molecule has 4 bridgehead atoms. The van der Waals surface area contributed by atoms with Gasteiger partial charge in [0, 0.05) is 18.7 Å². The van der Waals surface area contributed by atoms with Crippen LogP contribution in [0.4, 0.5) is 0 Å². The van der Waals surface area contributed by atoms with Crippen LogP contribution in [-0.2, 0) is 6.54 Å². The van der Waals surface area contributed by atoms with Crippen molar-refractivity contribution in [2.45, 2.75) is 52.0 Å². The number of aryl methyl sites for hydroxylation is 1. The van der Waals surface area contributed by atoms with E-state index in [1.807, 2.05) is 12.1 Å².